The van der Waals surface area contributed by atoms with Gasteiger partial charge in [0, 0.05) is 0 Å². The van der Waals surface area contributed by atoms with Crippen LogP contribution in [0.15, 0.2) is 0 Å². The Morgan fingerprint density at radius 1 is 0.800 bits per heavy atom. The van der Waals surface area contributed by atoms with E-state index in [1.165, 1.54) is 51.4 Å². The summed E-state index contributed by atoms with van der Waals surface area (Å²) in [5.41, 5.74) is 0. The van der Waals surface area contributed by atoms with E-state index >= 15 is 0 Å². The molecule has 0 amide bonds. The molecule has 0 N–H and O–H groups in total. The topological polar surface area (TPSA) is 0 Å². The lowest BCUT2D eigenvalue weighted by molar-refractivity contribution is 0.209. The Morgan fingerprint density at radius 3 is 1.60 bits per heavy atom. The lowest BCUT2D eigenvalue weighted by atomic mass is 9.75. The Morgan fingerprint density at radius 2 is 1.25 bits per heavy atom. The number of unbranched alkanes of at least 4 members (excludes halogenated alkanes) is 1. The van der Waals surface area contributed by atoms with Gasteiger partial charge in [0.2, 0.25) is 0 Å². The summed E-state index contributed by atoms with van der Waals surface area (Å²) in [5.74, 6) is 3.92. The molecule has 20 heavy (non-hydrogen) atoms. The Bertz CT molecular complexity index is 161. The van der Waals surface area contributed by atoms with Crippen LogP contribution in [-0.2, 0) is 0 Å². The lowest BCUT2D eigenvalue weighted by Crippen LogP contribution is -2.19. The van der Waals surface area contributed by atoms with Crippen LogP contribution in [0.1, 0.15) is 107 Å². The summed E-state index contributed by atoms with van der Waals surface area (Å²) in [4.78, 5) is 0. The molecule has 0 aromatic carbocycles. The van der Waals surface area contributed by atoms with Crippen LogP contribution < -0.4 is 0 Å². The van der Waals surface area contributed by atoms with Gasteiger partial charge >= 0.3 is 0 Å². The molecular weight excluding hydrogens is 240 g/mol. The van der Waals surface area contributed by atoms with Gasteiger partial charge in [0.25, 0.3) is 0 Å². The van der Waals surface area contributed by atoms with Gasteiger partial charge in [0.1, 0.15) is 0 Å². The molecule has 0 radical (unpaired) electrons. The molecule has 0 spiro atoms. The highest BCUT2D eigenvalue weighted by molar-refractivity contribution is 4.74. The van der Waals surface area contributed by atoms with Crippen LogP contribution in [-0.4, -0.2) is 0 Å². The van der Waals surface area contributed by atoms with Gasteiger partial charge < -0.3 is 0 Å². The minimum Gasteiger partial charge on any atom is -0.0683 e. The highest BCUT2D eigenvalue weighted by atomic mass is 14.3. The van der Waals surface area contributed by atoms with Crippen LogP contribution in [0.4, 0.5) is 0 Å². The Balaban J connectivity index is 0. The number of rotatable bonds is 5. The van der Waals surface area contributed by atoms with E-state index in [1.54, 1.807) is 0 Å². The fraction of sp³-hybridized carbons (Fsp3) is 1.00. The zero-order chi connectivity index (χ0) is 16.0. The van der Waals surface area contributed by atoms with E-state index in [1.807, 2.05) is 13.8 Å². The standard InChI is InChI=1S/C14H28.C4H10.C2H6/c1-11(2)5-8-13(4)14-9-6-12(3)7-10-14;1-3-4-2;1-2/h11-14H,5-10H2,1-4H3;3-4H2,1-2H3;1-2H3. The van der Waals surface area contributed by atoms with Gasteiger partial charge in [-0.25, -0.2) is 0 Å². The van der Waals surface area contributed by atoms with Gasteiger partial charge in [0.15, 0.2) is 0 Å². The predicted molar refractivity (Wildman–Crippen MR) is 96.3 cm³/mol. The molecule has 0 nitrogen and oxygen atoms in total. The summed E-state index contributed by atoms with van der Waals surface area (Å²) < 4.78 is 0. The second-order valence-corrected chi connectivity index (χ2v) is 6.97. The molecule has 0 saturated heterocycles. The van der Waals surface area contributed by atoms with Crippen molar-refractivity contribution in [2.24, 2.45) is 23.7 Å². The minimum absolute atomic E-state index is 0.889. The second-order valence-electron chi connectivity index (χ2n) is 6.97. The molecule has 0 heteroatoms. The molecule has 1 rings (SSSR count). The van der Waals surface area contributed by atoms with E-state index in [0.29, 0.717) is 0 Å². The van der Waals surface area contributed by atoms with Crippen LogP contribution in [0, 0.1) is 23.7 Å². The van der Waals surface area contributed by atoms with Crippen molar-refractivity contribution < 1.29 is 0 Å². The van der Waals surface area contributed by atoms with Crippen molar-refractivity contribution in [3.63, 3.8) is 0 Å². The molecule has 0 heterocycles. The van der Waals surface area contributed by atoms with E-state index in [-0.39, 0.29) is 0 Å². The molecule has 124 valence electrons. The van der Waals surface area contributed by atoms with E-state index in [2.05, 4.69) is 41.5 Å². The van der Waals surface area contributed by atoms with Crippen LogP contribution in [0.25, 0.3) is 0 Å². The Kier molecular flexibility index (Phi) is 17.1. The van der Waals surface area contributed by atoms with Gasteiger partial charge in [-0.15, -0.1) is 0 Å². The van der Waals surface area contributed by atoms with Gasteiger partial charge in [0.05, 0.1) is 0 Å². The summed E-state index contributed by atoms with van der Waals surface area (Å²) in [7, 11) is 0. The van der Waals surface area contributed by atoms with Crippen LogP contribution >= 0.6 is 0 Å². The minimum atomic E-state index is 0.889. The quantitative estimate of drug-likeness (QED) is 0.485. The van der Waals surface area contributed by atoms with E-state index in [9.17, 15) is 0 Å². The first kappa shape index (κ1) is 22.3. The second kappa shape index (κ2) is 15.4. The zero-order valence-corrected chi connectivity index (χ0v) is 16.0. The third kappa shape index (κ3) is 13.0. The van der Waals surface area contributed by atoms with Gasteiger partial charge in [-0.3, -0.25) is 0 Å². The molecule has 1 aliphatic rings. The van der Waals surface area contributed by atoms with E-state index in [0.717, 1.165) is 23.7 Å². The largest absolute Gasteiger partial charge is 0.0683 e. The molecule has 0 aromatic rings. The molecule has 1 saturated carbocycles. The maximum absolute atomic E-state index is 2.48. The highest BCUT2D eigenvalue weighted by Crippen LogP contribution is 2.35. The molecular formula is C20H44. The van der Waals surface area contributed by atoms with Crippen LogP contribution in [0.5, 0.6) is 0 Å². The van der Waals surface area contributed by atoms with E-state index < -0.39 is 0 Å². The van der Waals surface area contributed by atoms with Crippen molar-refractivity contribution in [1.82, 2.24) is 0 Å². The van der Waals surface area contributed by atoms with Crippen molar-refractivity contribution in [1.29, 1.82) is 0 Å². The van der Waals surface area contributed by atoms with E-state index in [4.69, 9.17) is 0 Å². The van der Waals surface area contributed by atoms with Crippen molar-refractivity contribution in [2.45, 2.75) is 107 Å². The highest BCUT2D eigenvalue weighted by Gasteiger charge is 2.22. The number of hydrogen-bond donors (Lipinski definition) is 0. The smallest absolute Gasteiger partial charge is 0.0388 e. The first-order valence-electron chi connectivity index (χ1n) is 9.51. The third-order valence-electron chi connectivity index (χ3n) is 4.56. The molecule has 1 atom stereocenters. The molecule has 0 aromatic heterocycles. The summed E-state index contributed by atoms with van der Waals surface area (Å²) in [6, 6.07) is 0. The van der Waals surface area contributed by atoms with Crippen LogP contribution in [0.3, 0.4) is 0 Å². The fourth-order valence-corrected chi connectivity index (χ4v) is 2.69. The molecule has 0 bridgehead atoms. The van der Waals surface area contributed by atoms with Crippen molar-refractivity contribution >= 4 is 0 Å². The Labute approximate surface area is 131 Å². The molecule has 1 fully saturated rings. The zero-order valence-electron chi connectivity index (χ0n) is 16.0. The SMILES string of the molecule is CC.CC(C)CCC(C)C1CCC(C)CC1.CCCC. The number of hydrogen-bond acceptors (Lipinski definition) is 0. The summed E-state index contributed by atoms with van der Waals surface area (Å²) in [6.45, 7) is 17.9. The first-order valence-corrected chi connectivity index (χ1v) is 9.51. The average Bonchev–Trinajstić information content (AvgIpc) is 2.48. The third-order valence-corrected chi connectivity index (χ3v) is 4.56. The van der Waals surface area contributed by atoms with Gasteiger partial charge in [-0.1, -0.05) is 93.9 Å². The average molecular weight is 285 g/mol. The maximum atomic E-state index is 2.48. The Hall–Kier alpha value is 0. The van der Waals surface area contributed by atoms with Crippen molar-refractivity contribution in [2.75, 3.05) is 0 Å². The van der Waals surface area contributed by atoms with Gasteiger partial charge in [-0.2, -0.15) is 0 Å². The molecule has 1 unspecified atom stereocenters. The van der Waals surface area contributed by atoms with Crippen LogP contribution in [0.2, 0.25) is 0 Å². The lowest BCUT2D eigenvalue weighted by Gasteiger charge is -2.31. The summed E-state index contributed by atoms with van der Waals surface area (Å²) in [6.07, 6.45) is 11.5. The fourth-order valence-electron chi connectivity index (χ4n) is 2.69. The monoisotopic (exact) mass is 284 g/mol. The maximum Gasteiger partial charge on any atom is -0.0388 e. The summed E-state index contributed by atoms with van der Waals surface area (Å²) in [5, 5.41) is 0. The molecule has 0 aliphatic heterocycles. The normalized spacial score (nSPS) is 23.2. The predicted octanol–water partition coefficient (Wildman–Crippen LogP) is 7.72. The van der Waals surface area contributed by atoms with Crippen molar-refractivity contribution in [3.8, 4) is 0 Å². The first-order chi connectivity index (χ1) is 9.51. The van der Waals surface area contributed by atoms with Gasteiger partial charge in [-0.05, 0) is 36.5 Å². The van der Waals surface area contributed by atoms with Crippen molar-refractivity contribution in [3.05, 3.63) is 0 Å². The summed E-state index contributed by atoms with van der Waals surface area (Å²) >= 11 is 0. The molecule has 1 aliphatic carbocycles.